The van der Waals surface area contributed by atoms with Crippen molar-refractivity contribution in [1.82, 2.24) is 14.9 Å². The Balaban J connectivity index is 2.04. The third kappa shape index (κ3) is 1.73. The number of benzene rings is 1. The average molecular weight is 259 g/mol. The summed E-state index contributed by atoms with van der Waals surface area (Å²) in [6.07, 6.45) is 3.23. The molecule has 2 N–H and O–H groups in total. The van der Waals surface area contributed by atoms with Crippen LogP contribution in [0.25, 0.3) is 11.0 Å². The summed E-state index contributed by atoms with van der Waals surface area (Å²) >= 11 is 0. The van der Waals surface area contributed by atoms with E-state index in [-0.39, 0.29) is 6.04 Å². The van der Waals surface area contributed by atoms with Crippen LogP contribution in [0.5, 0.6) is 0 Å². The lowest BCUT2D eigenvalue weighted by Gasteiger charge is -2.23. The molecular weight excluding hydrogens is 242 g/mol. The number of carbonyl (C=O) groups is 1. The minimum Gasteiger partial charge on any atom is -0.481 e. The number of nitrogens with one attached hydrogen (secondary N) is 1. The van der Waals surface area contributed by atoms with Crippen LogP contribution in [0.2, 0.25) is 0 Å². The highest BCUT2D eigenvalue weighted by molar-refractivity contribution is 5.80. The summed E-state index contributed by atoms with van der Waals surface area (Å²) in [7, 11) is 3.76. The van der Waals surface area contributed by atoms with E-state index < -0.39 is 11.4 Å². The highest BCUT2D eigenvalue weighted by Gasteiger charge is 2.56. The standard InChI is InChI=1S/C14H17N3O2/c1-15-12(14(5-6-14)13(18)19)9-3-4-11-10(7-9)16-8-17(11)2/h3-4,7-8,12,15H,5-6H2,1-2H3,(H,18,19). The molecule has 2 aromatic rings. The molecule has 0 spiro atoms. The molecule has 0 radical (unpaired) electrons. The largest absolute Gasteiger partial charge is 0.481 e. The maximum absolute atomic E-state index is 11.5. The Morgan fingerprint density at radius 3 is 2.84 bits per heavy atom. The molecule has 1 atom stereocenters. The number of aryl methyl sites for hydroxylation is 1. The number of hydrogen-bond acceptors (Lipinski definition) is 3. The van der Waals surface area contributed by atoms with Crippen molar-refractivity contribution < 1.29 is 9.90 Å². The van der Waals surface area contributed by atoms with E-state index in [1.54, 1.807) is 6.33 Å². The van der Waals surface area contributed by atoms with Gasteiger partial charge in [0.2, 0.25) is 0 Å². The van der Waals surface area contributed by atoms with Crippen molar-refractivity contribution in [3.63, 3.8) is 0 Å². The van der Waals surface area contributed by atoms with Gasteiger partial charge in [-0.15, -0.1) is 0 Å². The number of imidazole rings is 1. The predicted octanol–water partition coefficient (Wildman–Crippen LogP) is 1.70. The first kappa shape index (κ1) is 12.2. The Labute approximate surface area is 111 Å². The summed E-state index contributed by atoms with van der Waals surface area (Å²) in [6, 6.07) is 5.82. The van der Waals surface area contributed by atoms with Gasteiger partial charge in [0.25, 0.3) is 0 Å². The van der Waals surface area contributed by atoms with Gasteiger partial charge in [0.1, 0.15) is 0 Å². The summed E-state index contributed by atoms with van der Waals surface area (Å²) in [4.78, 5) is 15.8. The number of aliphatic carboxylic acids is 1. The molecule has 3 rings (SSSR count). The van der Waals surface area contributed by atoms with Gasteiger partial charge in [-0.1, -0.05) is 6.07 Å². The molecule has 1 aliphatic rings. The molecule has 1 aliphatic carbocycles. The smallest absolute Gasteiger partial charge is 0.311 e. The van der Waals surface area contributed by atoms with E-state index >= 15 is 0 Å². The summed E-state index contributed by atoms with van der Waals surface area (Å²) in [5, 5.41) is 12.6. The highest BCUT2D eigenvalue weighted by Crippen LogP contribution is 2.55. The molecule has 19 heavy (non-hydrogen) atoms. The molecule has 1 unspecified atom stereocenters. The van der Waals surface area contributed by atoms with Crippen molar-refractivity contribution in [3.8, 4) is 0 Å². The Hall–Kier alpha value is -1.88. The summed E-state index contributed by atoms with van der Waals surface area (Å²) in [5.41, 5.74) is 2.31. The van der Waals surface area contributed by atoms with E-state index in [0.29, 0.717) is 0 Å². The van der Waals surface area contributed by atoms with Crippen LogP contribution in [0.1, 0.15) is 24.4 Å². The molecule has 1 aromatic heterocycles. The average Bonchev–Trinajstić information content (AvgIpc) is 3.11. The normalized spacial score (nSPS) is 18.4. The van der Waals surface area contributed by atoms with Crippen LogP contribution in [0.3, 0.4) is 0 Å². The van der Waals surface area contributed by atoms with Gasteiger partial charge < -0.3 is 15.0 Å². The molecule has 5 heteroatoms. The molecule has 0 amide bonds. The van der Waals surface area contributed by atoms with Crippen molar-refractivity contribution >= 4 is 17.0 Å². The van der Waals surface area contributed by atoms with Crippen LogP contribution >= 0.6 is 0 Å². The lowest BCUT2D eigenvalue weighted by Crippen LogP contribution is -2.32. The van der Waals surface area contributed by atoms with Crippen LogP contribution in [0, 0.1) is 5.41 Å². The third-order valence-electron chi connectivity index (χ3n) is 4.14. The van der Waals surface area contributed by atoms with Crippen LogP contribution in [-0.4, -0.2) is 27.7 Å². The predicted molar refractivity (Wildman–Crippen MR) is 71.8 cm³/mol. The molecule has 0 aliphatic heterocycles. The monoisotopic (exact) mass is 259 g/mol. The SMILES string of the molecule is CNC(c1ccc2c(c1)ncn2C)C1(C(=O)O)CC1. The second kappa shape index (κ2) is 4.06. The number of carboxylic acid groups (broad SMARTS) is 1. The molecule has 1 saturated carbocycles. The van der Waals surface area contributed by atoms with E-state index in [4.69, 9.17) is 0 Å². The van der Waals surface area contributed by atoms with E-state index in [2.05, 4.69) is 10.3 Å². The number of nitrogens with zero attached hydrogens (tertiary/aromatic N) is 2. The fourth-order valence-electron chi connectivity index (χ4n) is 2.86. The van der Waals surface area contributed by atoms with Gasteiger partial charge in [-0.2, -0.15) is 0 Å². The third-order valence-corrected chi connectivity index (χ3v) is 4.14. The van der Waals surface area contributed by atoms with E-state index in [1.165, 1.54) is 0 Å². The van der Waals surface area contributed by atoms with Crippen molar-refractivity contribution in [2.45, 2.75) is 18.9 Å². The maximum Gasteiger partial charge on any atom is 0.311 e. The van der Waals surface area contributed by atoms with Gasteiger partial charge >= 0.3 is 5.97 Å². The summed E-state index contributed by atoms with van der Waals surface area (Å²) in [6.45, 7) is 0. The topological polar surface area (TPSA) is 67.2 Å². The zero-order valence-corrected chi connectivity index (χ0v) is 11.1. The van der Waals surface area contributed by atoms with Crippen molar-refractivity contribution in [1.29, 1.82) is 0 Å². The quantitative estimate of drug-likeness (QED) is 0.877. The second-order valence-corrected chi connectivity index (χ2v) is 5.29. The molecule has 5 nitrogen and oxygen atoms in total. The Morgan fingerprint density at radius 1 is 1.53 bits per heavy atom. The van der Waals surface area contributed by atoms with E-state index in [1.807, 2.05) is 36.9 Å². The molecule has 100 valence electrons. The Kier molecular flexibility index (Phi) is 2.60. The summed E-state index contributed by atoms with van der Waals surface area (Å²) < 4.78 is 1.96. The van der Waals surface area contributed by atoms with Gasteiger partial charge in [0.15, 0.2) is 0 Å². The first-order valence-electron chi connectivity index (χ1n) is 6.40. The number of aromatic nitrogens is 2. The molecule has 1 fully saturated rings. The van der Waals surface area contributed by atoms with Gasteiger partial charge in [0, 0.05) is 13.1 Å². The highest BCUT2D eigenvalue weighted by atomic mass is 16.4. The first-order valence-corrected chi connectivity index (χ1v) is 6.40. The molecule has 0 saturated heterocycles. The van der Waals surface area contributed by atoms with E-state index in [0.717, 1.165) is 29.4 Å². The van der Waals surface area contributed by atoms with Crippen LogP contribution < -0.4 is 5.32 Å². The lowest BCUT2D eigenvalue weighted by molar-refractivity contribution is -0.144. The van der Waals surface area contributed by atoms with Crippen molar-refractivity contribution in [3.05, 3.63) is 30.1 Å². The number of carboxylic acids is 1. The van der Waals surface area contributed by atoms with Gasteiger partial charge in [-0.3, -0.25) is 4.79 Å². The zero-order valence-electron chi connectivity index (χ0n) is 11.1. The molecule has 0 bridgehead atoms. The zero-order chi connectivity index (χ0) is 13.6. The van der Waals surface area contributed by atoms with Gasteiger partial charge in [-0.05, 0) is 37.6 Å². The van der Waals surface area contributed by atoms with Gasteiger partial charge in [0.05, 0.1) is 22.8 Å². The molecule has 1 aromatic carbocycles. The summed E-state index contributed by atoms with van der Waals surface area (Å²) in [5.74, 6) is -0.715. The van der Waals surface area contributed by atoms with Gasteiger partial charge in [-0.25, -0.2) is 4.98 Å². The van der Waals surface area contributed by atoms with Crippen LogP contribution in [0.4, 0.5) is 0 Å². The fourth-order valence-corrected chi connectivity index (χ4v) is 2.86. The first-order chi connectivity index (χ1) is 9.08. The Morgan fingerprint density at radius 2 is 2.26 bits per heavy atom. The second-order valence-electron chi connectivity index (χ2n) is 5.29. The number of rotatable bonds is 4. The van der Waals surface area contributed by atoms with Crippen molar-refractivity contribution in [2.24, 2.45) is 12.5 Å². The van der Waals surface area contributed by atoms with Crippen LogP contribution in [-0.2, 0) is 11.8 Å². The molecule has 1 heterocycles. The van der Waals surface area contributed by atoms with Crippen molar-refractivity contribution in [2.75, 3.05) is 7.05 Å². The molecular formula is C14H17N3O2. The Bertz CT molecular complexity index is 643. The maximum atomic E-state index is 11.5. The number of fused-ring (bicyclic) bond motifs is 1. The van der Waals surface area contributed by atoms with E-state index in [9.17, 15) is 9.90 Å². The minimum absolute atomic E-state index is 0.156. The lowest BCUT2D eigenvalue weighted by atomic mass is 9.90. The van der Waals surface area contributed by atoms with Crippen LogP contribution in [0.15, 0.2) is 24.5 Å². The minimum atomic E-state index is -0.715. The fraction of sp³-hybridized carbons (Fsp3) is 0.429. The number of hydrogen-bond donors (Lipinski definition) is 2.